The standard InChI is InChI=1S/C17H22N2O5/c1-2-4-15(20)19-10-3-5-14(19)17(23)18-12-6-8-13(9-7-12)24-11-16(21)22/h6-9,14H,2-5,10-11H2,1H3,(H,18,23)(H,21,22). The van der Waals surface area contributed by atoms with E-state index >= 15 is 0 Å². The summed E-state index contributed by atoms with van der Waals surface area (Å²) >= 11 is 0. The van der Waals surface area contributed by atoms with E-state index in [1.165, 1.54) is 0 Å². The molecule has 1 aliphatic heterocycles. The lowest BCUT2D eigenvalue weighted by atomic mass is 10.2. The van der Waals surface area contributed by atoms with Gasteiger partial charge in [0.15, 0.2) is 6.61 Å². The monoisotopic (exact) mass is 334 g/mol. The number of nitrogens with zero attached hydrogens (tertiary/aromatic N) is 1. The smallest absolute Gasteiger partial charge is 0.341 e. The van der Waals surface area contributed by atoms with Crippen molar-refractivity contribution in [1.82, 2.24) is 4.90 Å². The highest BCUT2D eigenvalue weighted by Gasteiger charge is 2.33. The summed E-state index contributed by atoms with van der Waals surface area (Å²) < 4.78 is 5.04. The van der Waals surface area contributed by atoms with Gasteiger partial charge >= 0.3 is 5.97 Å². The molecule has 130 valence electrons. The highest BCUT2D eigenvalue weighted by atomic mass is 16.5. The number of aliphatic carboxylic acids is 1. The number of hydrogen-bond acceptors (Lipinski definition) is 4. The van der Waals surface area contributed by atoms with Crippen molar-refractivity contribution in [3.05, 3.63) is 24.3 Å². The third-order valence-corrected chi connectivity index (χ3v) is 3.82. The van der Waals surface area contributed by atoms with Crippen LogP contribution >= 0.6 is 0 Å². The predicted molar refractivity (Wildman–Crippen MR) is 87.8 cm³/mol. The van der Waals surface area contributed by atoms with Gasteiger partial charge in [0.2, 0.25) is 11.8 Å². The number of amides is 2. The molecule has 0 bridgehead atoms. The topological polar surface area (TPSA) is 95.9 Å². The van der Waals surface area contributed by atoms with Crippen LogP contribution < -0.4 is 10.1 Å². The van der Waals surface area contributed by atoms with Gasteiger partial charge in [-0.1, -0.05) is 6.92 Å². The third-order valence-electron chi connectivity index (χ3n) is 3.82. The van der Waals surface area contributed by atoms with E-state index in [0.717, 1.165) is 12.8 Å². The van der Waals surface area contributed by atoms with Crippen molar-refractivity contribution in [3.8, 4) is 5.75 Å². The van der Waals surface area contributed by atoms with Gasteiger partial charge in [-0.25, -0.2) is 4.79 Å². The number of likely N-dealkylation sites (tertiary alicyclic amines) is 1. The van der Waals surface area contributed by atoms with E-state index in [9.17, 15) is 14.4 Å². The molecule has 1 unspecified atom stereocenters. The maximum Gasteiger partial charge on any atom is 0.341 e. The zero-order valence-electron chi connectivity index (χ0n) is 13.7. The SMILES string of the molecule is CCCC(=O)N1CCCC1C(=O)Nc1ccc(OCC(=O)O)cc1. The predicted octanol–water partition coefficient (Wildman–Crippen LogP) is 1.88. The molecule has 1 saturated heterocycles. The summed E-state index contributed by atoms with van der Waals surface area (Å²) in [5.41, 5.74) is 0.581. The van der Waals surface area contributed by atoms with Gasteiger partial charge in [0, 0.05) is 18.7 Å². The number of carboxylic acid groups (broad SMARTS) is 1. The molecule has 24 heavy (non-hydrogen) atoms. The highest BCUT2D eigenvalue weighted by Crippen LogP contribution is 2.21. The summed E-state index contributed by atoms with van der Waals surface area (Å²) in [7, 11) is 0. The van der Waals surface area contributed by atoms with Crippen molar-refractivity contribution >= 4 is 23.5 Å². The average molecular weight is 334 g/mol. The lowest BCUT2D eigenvalue weighted by Crippen LogP contribution is -2.43. The molecule has 1 aliphatic rings. The van der Waals surface area contributed by atoms with Crippen molar-refractivity contribution in [2.45, 2.75) is 38.6 Å². The van der Waals surface area contributed by atoms with Crippen LogP contribution in [0, 0.1) is 0 Å². The number of hydrogen-bond donors (Lipinski definition) is 2. The molecule has 1 aromatic carbocycles. The first-order valence-electron chi connectivity index (χ1n) is 8.06. The molecule has 7 nitrogen and oxygen atoms in total. The van der Waals surface area contributed by atoms with Gasteiger partial charge in [0.25, 0.3) is 0 Å². The Morgan fingerprint density at radius 2 is 2.00 bits per heavy atom. The zero-order valence-corrected chi connectivity index (χ0v) is 13.7. The van der Waals surface area contributed by atoms with Gasteiger partial charge in [-0.15, -0.1) is 0 Å². The van der Waals surface area contributed by atoms with Crippen LogP contribution in [0.3, 0.4) is 0 Å². The number of ether oxygens (including phenoxy) is 1. The molecule has 1 heterocycles. The van der Waals surface area contributed by atoms with Gasteiger partial charge in [0.05, 0.1) is 0 Å². The third kappa shape index (κ3) is 4.71. The first kappa shape index (κ1) is 17.8. The maximum absolute atomic E-state index is 12.4. The Morgan fingerprint density at radius 1 is 1.29 bits per heavy atom. The van der Waals surface area contributed by atoms with E-state index < -0.39 is 18.6 Å². The summed E-state index contributed by atoms with van der Waals surface area (Å²) in [5.74, 6) is -0.815. The highest BCUT2D eigenvalue weighted by molar-refractivity contribution is 5.97. The summed E-state index contributed by atoms with van der Waals surface area (Å²) in [4.78, 5) is 36.6. The number of carbonyl (C=O) groups is 3. The molecule has 1 aromatic rings. The first-order chi connectivity index (χ1) is 11.5. The molecule has 0 spiro atoms. The Bertz CT molecular complexity index is 600. The van der Waals surface area contributed by atoms with Crippen LogP contribution in [-0.2, 0) is 14.4 Å². The molecule has 2 rings (SSSR count). The summed E-state index contributed by atoms with van der Waals surface area (Å²) in [6, 6.07) is 6.04. The number of rotatable bonds is 7. The fraction of sp³-hybridized carbons (Fsp3) is 0.471. The van der Waals surface area contributed by atoms with Crippen molar-refractivity contribution in [3.63, 3.8) is 0 Å². The van der Waals surface area contributed by atoms with E-state index in [1.807, 2.05) is 6.92 Å². The second-order valence-corrected chi connectivity index (χ2v) is 5.69. The molecule has 0 radical (unpaired) electrons. The van der Waals surface area contributed by atoms with Crippen molar-refractivity contribution in [2.24, 2.45) is 0 Å². The minimum atomic E-state index is -1.05. The number of anilines is 1. The Morgan fingerprint density at radius 3 is 2.62 bits per heavy atom. The van der Waals surface area contributed by atoms with Crippen LogP contribution in [-0.4, -0.2) is 47.0 Å². The molecule has 2 N–H and O–H groups in total. The fourth-order valence-electron chi connectivity index (χ4n) is 2.70. The molecule has 2 amide bonds. The Hall–Kier alpha value is -2.57. The average Bonchev–Trinajstić information content (AvgIpc) is 3.04. The summed E-state index contributed by atoms with van der Waals surface area (Å²) in [6.07, 6.45) is 2.72. The lowest BCUT2D eigenvalue weighted by Gasteiger charge is -2.23. The minimum absolute atomic E-state index is 0.0209. The van der Waals surface area contributed by atoms with Crippen LogP contribution in [0.2, 0.25) is 0 Å². The van der Waals surface area contributed by atoms with Gasteiger partial charge in [0.1, 0.15) is 11.8 Å². The molecule has 1 fully saturated rings. The fourth-order valence-corrected chi connectivity index (χ4v) is 2.70. The second-order valence-electron chi connectivity index (χ2n) is 5.69. The molecular formula is C17H22N2O5. The number of carbonyl (C=O) groups excluding carboxylic acids is 2. The van der Waals surface area contributed by atoms with Crippen LogP contribution in [0.4, 0.5) is 5.69 Å². The van der Waals surface area contributed by atoms with Gasteiger partial charge < -0.3 is 20.1 Å². The first-order valence-corrected chi connectivity index (χ1v) is 8.06. The van der Waals surface area contributed by atoms with Crippen LogP contribution in [0.1, 0.15) is 32.6 Å². The molecular weight excluding hydrogens is 312 g/mol. The summed E-state index contributed by atoms with van der Waals surface area (Å²) in [6.45, 7) is 2.15. The molecule has 7 heteroatoms. The molecule has 0 saturated carbocycles. The van der Waals surface area contributed by atoms with Gasteiger partial charge in [-0.2, -0.15) is 0 Å². The van der Waals surface area contributed by atoms with Crippen LogP contribution in [0.25, 0.3) is 0 Å². The quantitative estimate of drug-likeness (QED) is 0.794. The minimum Gasteiger partial charge on any atom is -0.482 e. The van der Waals surface area contributed by atoms with E-state index in [2.05, 4.69) is 5.32 Å². The normalized spacial score (nSPS) is 16.7. The van der Waals surface area contributed by atoms with Crippen molar-refractivity contribution < 1.29 is 24.2 Å². The van der Waals surface area contributed by atoms with Crippen molar-refractivity contribution in [2.75, 3.05) is 18.5 Å². The lowest BCUT2D eigenvalue weighted by molar-refractivity contribution is -0.139. The van der Waals surface area contributed by atoms with Crippen molar-refractivity contribution in [1.29, 1.82) is 0 Å². The van der Waals surface area contributed by atoms with E-state index in [1.54, 1.807) is 29.2 Å². The number of benzene rings is 1. The Kier molecular flexibility index (Phi) is 6.17. The number of nitrogens with one attached hydrogen (secondary N) is 1. The Labute approximate surface area is 140 Å². The molecule has 0 aromatic heterocycles. The summed E-state index contributed by atoms with van der Waals surface area (Å²) in [5, 5.41) is 11.4. The maximum atomic E-state index is 12.4. The largest absolute Gasteiger partial charge is 0.482 e. The number of carboxylic acids is 1. The van der Waals surface area contributed by atoms with E-state index in [0.29, 0.717) is 30.8 Å². The van der Waals surface area contributed by atoms with E-state index in [-0.39, 0.29) is 11.8 Å². The van der Waals surface area contributed by atoms with Crippen LogP contribution in [0.15, 0.2) is 24.3 Å². The second kappa shape index (κ2) is 8.33. The van der Waals surface area contributed by atoms with Gasteiger partial charge in [-0.3, -0.25) is 9.59 Å². The molecule has 1 atom stereocenters. The van der Waals surface area contributed by atoms with Gasteiger partial charge in [-0.05, 0) is 43.5 Å². The zero-order chi connectivity index (χ0) is 17.5. The van der Waals surface area contributed by atoms with Crippen LogP contribution in [0.5, 0.6) is 5.75 Å². The molecule has 0 aliphatic carbocycles. The Balaban J connectivity index is 1.93. The van der Waals surface area contributed by atoms with E-state index in [4.69, 9.17) is 9.84 Å².